The van der Waals surface area contributed by atoms with Crippen LogP contribution in [-0.4, -0.2) is 33.5 Å². The number of aryl methyl sites for hydroxylation is 1. The average Bonchev–Trinajstić information content (AvgIpc) is 2.46. The number of pyridine rings is 1. The lowest BCUT2D eigenvalue weighted by Gasteiger charge is -2.26. The molecule has 0 aromatic carbocycles. The minimum Gasteiger partial charge on any atom is -0.480 e. The van der Waals surface area contributed by atoms with E-state index in [1.54, 1.807) is 26.1 Å². The molecule has 1 atom stereocenters. The van der Waals surface area contributed by atoms with E-state index >= 15 is 0 Å². The van der Waals surface area contributed by atoms with Gasteiger partial charge in [-0.25, -0.2) is 4.79 Å². The summed E-state index contributed by atoms with van der Waals surface area (Å²) in [4.78, 5) is 46.3. The Balaban J connectivity index is 2.86. The molecule has 1 aromatic heterocycles. The zero-order valence-electron chi connectivity index (χ0n) is 14.0. The van der Waals surface area contributed by atoms with Crippen LogP contribution in [0.15, 0.2) is 23.1 Å². The second-order valence-electron chi connectivity index (χ2n) is 6.43. The summed E-state index contributed by atoms with van der Waals surface area (Å²) in [5.41, 5.74) is 4.62. The first kappa shape index (κ1) is 19.4. The van der Waals surface area contributed by atoms with Crippen molar-refractivity contribution in [2.24, 2.45) is 11.1 Å². The van der Waals surface area contributed by atoms with Crippen LogP contribution in [0.2, 0.25) is 0 Å². The summed E-state index contributed by atoms with van der Waals surface area (Å²) in [6, 6.07) is 1.88. The topological polar surface area (TPSA) is 131 Å². The maximum atomic E-state index is 12.4. The number of carbonyl (C=O) groups excluding carboxylic acids is 2. The molecule has 1 rings (SSSR count). The van der Waals surface area contributed by atoms with Crippen LogP contribution in [-0.2, 0) is 20.9 Å². The first-order valence-electron chi connectivity index (χ1n) is 7.52. The summed E-state index contributed by atoms with van der Waals surface area (Å²) in [6.45, 7) is 5.16. The van der Waals surface area contributed by atoms with Gasteiger partial charge in [-0.05, 0) is 32.8 Å². The van der Waals surface area contributed by atoms with Crippen molar-refractivity contribution in [1.82, 2.24) is 9.88 Å². The molecule has 1 unspecified atom stereocenters. The number of rotatable bonds is 8. The first-order chi connectivity index (χ1) is 11.0. The standard InChI is InChI=1S/C16H23N3O5/c1-10-4-7-13(21)19(8-10)9-16(2,3)15(24)18-11(14(22)23)5-6-12(17)20/h4,7-8,11H,5-6,9H2,1-3H3,(H2,17,20)(H,18,24)(H,22,23). The van der Waals surface area contributed by atoms with Gasteiger partial charge in [0.1, 0.15) is 6.04 Å². The van der Waals surface area contributed by atoms with Crippen LogP contribution >= 0.6 is 0 Å². The molecular formula is C16H23N3O5. The third-order valence-corrected chi connectivity index (χ3v) is 3.59. The Morgan fingerprint density at radius 3 is 2.50 bits per heavy atom. The van der Waals surface area contributed by atoms with E-state index in [-0.39, 0.29) is 24.9 Å². The predicted molar refractivity (Wildman–Crippen MR) is 87.2 cm³/mol. The van der Waals surface area contributed by atoms with Gasteiger partial charge >= 0.3 is 5.97 Å². The van der Waals surface area contributed by atoms with Crippen molar-refractivity contribution in [3.05, 3.63) is 34.2 Å². The van der Waals surface area contributed by atoms with Crippen LogP contribution < -0.4 is 16.6 Å². The van der Waals surface area contributed by atoms with Crippen LogP contribution in [0.25, 0.3) is 0 Å². The number of aliphatic carboxylic acids is 1. The molecule has 0 radical (unpaired) electrons. The number of nitrogens with two attached hydrogens (primary N) is 1. The van der Waals surface area contributed by atoms with Crippen LogP contribution in [0.4, 0.5) is 0 Å². The van der Waals surface area contributed by atoms with Crippen molar-refractivity contribution < 1.29 is 19.5 Å². The highest BCUT2D eigenvalue weighted by atomic mass is 16.4. The van der Waals surface area contributed by atoms with Crippen molar-refractivity contribution in [2.45, 2.75) is 46.2 Å². The molecule has 132 valence electrons. The number of carboxylic acid groups (broad SMARTS) is 1. The van der Waals surface area contributed by atoms with E-state index in [1.165, 1.54) is 10.6 Å². The summed E-state index contributed by atoms with van der Waals surface area (Å²) in [5, 5.41) is 11.6. The van der Waals surface area contributed by atoms with Gasteiger partial charge in [0.05, 0.1) is 5.41 Å². The fourth-order valence-corrected chi connectivity index (χ4v) is 2.17. The number of carboxylic acids is 1. The third-order valence-electron chi connectivity index (χ3n) is 3.59. The molecular weight excluding hydrogens is 314 g/mol. The number of amides is 2. The molecule has 0 fully saturated rings. The number of hydrogen-bond acceptors (Lipinski definition) is 4. The number of carbonyl (C=O) groups is 3. The van der Waals surface area contributed by atoms with Gasteiger partial charge in [0.25, 0.3) is 5.56 Å². The van der Waals surface area contributed by atoms with Gasteiger partial charge in [0, 0.05) is 25.2 Å². The first-order valence-corrected chi connectivity index (χ1v) is 7.52. The van der Waals surface area contributed by atoms with Crippen molar-refractivity contribution in [2.75, 3.05) is 0 Å². The molecule has 0 aliphatic rings. The Morgan fingerprint density at radius 1 is 1.33 bits per heavy atom. The molecule has 4 N–H and O–H groups in total. The maximum Gasteiger partial charge on any atom is 0.326 e. The average molecular weight is 337 g/mol. The van der Waals surface area contributed by atoms with Crippen LogP contribution in [0.5, 0.6) is 0 Å². The molecule has 0 bridgehead atoms. The number of nitrogens with zero attached hydrogens (tertiary/aromatic N) is 1. The van der Waals surface area contributed by atoms with Gasteiger partial charge in [-0.15, -0.1) is 0 Å². The van der Waals surface area contributed by atoms with Gasteiger partial charge in [-0.1, -0.05) is 6.07 Å². The van der Waals surface area contributed by atoms with Gasteiger partial charge in [-0.2, -0.15) is 0 Å². The van der Waals surface area contributed by atoms with E-state index in [1.807, 2.05) is 6.92 Å². The SMILES string of the molecule is Cc1ccc(=O)n(CC(C)(C)C(=O)NC(CCC(N)=O)C(=O)O)c1. The van der Waals surface area contributed by atoms with E-state index < -0.39 is 29.2 Å². The van der Waals surface area contributed by atoms with Crippen molar-refractivity contribution >= 4 is 17.8 Å². The molecule has 2 amide bonds. The number of primary amides is 1. The zero-order chi connectivity index (χ0) is 18.5. The Morgan fingerprint density at radius 2 is 1.96 bits per heavy atom. The molecule has 8 nitrogen and oxygen atoms in total. The molecule has 0 aliphatic heterocycles. The minimum absolute atomic E-state index is 0.0864. The fourth-order valence-electron chi connectivity index (χ4n) is 2.17. The van der Waals surface area contributed by atoms with E-state index in [4.69, 9.17) is 10.8 Å². The normalized spacial score (nSPS) is 12.5. The summed E-state index contributed by atoms with van der Waals surface area (Å²) in [6.07, 6.45) is 1.41. The van der Waals surface area contributed by atoms with E-state index in [0.717, 1.165) is 5.56 Å². The lowest BCUT2D eigenvalue weighted by Crippen LogP contribution is -2.48. The Hall–Kier alpha value is -2.64. The molecule has 0 saturated carbocycles. The summed E-state index contributed by atoms with van der Waals surface area (Å²) in [7, 11) is 0. The lowest BCUT2D eigenvalue weighted by atomic mass is 9.91. The van der Waals surface area contributed by atoms with E-state index in [0.29, 0.717) is 0 Å². The number of nitrogens with one attached hydrogen (secondary N) is 1. The Kier molecular flexibility index (Phi) is 6.27. The van der Waals surface area contributed by atoms with Gasteiger partial charge < -0.3 is 20.7 Å². The van der Waals surface area contributed by atoms with Gasteiger partial charge in [0.2, 0.25) is 11.8 Å². The molecule has 0 spiro atoms. The molecule has 0 aliphatic carbocycles. The minimum atomic E-state index is -1.24. The van der Waals surface area contributed by atoms with Crippen molar-refractivity contribution in [1.29, 1.82) is 0 Å². The fraction of sp³-hybridized carbons (Fsp3) is 0.500. The van der Waals surface area contributed by atoms with E-state index in [9.17, 15) is 19.2 Å². The number of aromatic nitrogens is 1. The van der Waals surface area contributed by atoms with Crippen molar-refractivity contribution in [3.8, 4) is 0 Å². The summed E-state index contributed by atoms with van der Waals surface area (Å²) >= 11 is 0. The number of hydrogen-bond donors (Lipinski definition) is 3. The summed E-state index contributed by atoms with van der Waals surface area (Å²) in [5.74, 6) is -2.40. The molecule has 0 saturated heterocycles. The smallest absolute Gasteiger partial charge is 0.326 e. The largest absolute Gasteiger partial charge is 0.480 e. The summed E-state index contributed by atoms with van der Waals surface area (Å²) < 4.78 is 1.41. The quantitative estimate of drug-likeness (QED) is 0.615. The van der Waals surface area contributed by atoms with E-state index in [2.05, 4.69) is 5.32 Å². The highest BCUT2D eigenvalue weighted by Crippen LogP contribution is 2.18. The molecule has 24 heavy (non-hydrogen) atoms. The van der Waals surface area contributed by atoms with Gasteiger partial charge in [0.15, 0.2) is 0 Å². The lowest BCUT2D eigenvalue weighted by molar-refractivity contribution is -0.144. The Bertz CT molecular complexity index is 693. The highest BCUT2D eigenvalue weighted by Gasteiger charge is 2.32. The molecule has 1 aromatic rings. The predicted octanol–water partition coefficient (Wildman–Crippen LogP) is 0.0178. The third kappa shape index (κ3) is 5.53. The highest BCUT2D eigenvalue weighted by molar-refractivity contribution is 5.87. The van der Waals surface area contributed by atoms with Crippen molar-refractivity contribution in [3.63, 3.8) is 0 Å². The van der Waals surface area contributed by atoms with Crippen LogP contribution in [0, 0.1) is 12.3 Å². The Labute approximate surface area is 139 Å². The monoisotopic (exact) mass is 337 g/mol. The molecule has 1 heterocycles. The van der Waals surface area contributed by atoms with Crippen LogP contribution in [0.3, 0.4) is 0 Å². The zero-order valence-corrected chi connectivity index (χ0v) is 14.0. The maximum absolute atomic E-state index is 12.4. The second kappa shape index (κ2) is 7.76. The molecule has 8 heteroatoms. The van der Waals surface area contributed by atoms with Gasteiger partial charge in [-0.3, -0.25) is 14.4 Å². The van der Waals surface area contributed by atoms with Crippen LogP contribution in [0.1, 0.15) is 32.3 Å². The second-order valence-corrected chi connectivity index (χ2v) is 6.43.